The molecule has 0 spiro atoms. The molecule has 2 heterocycles. The molecule has 142 valence electrons. The van der Waals surface area contributed by atoms with Gasteiger partial charge in [-0.25, -0.2) is 18.6 Å². The van der Waals surface area contributed by atoms with E-state index in [1.54, 1.807) is 13.0 Å². The molecule has 3 N–H and O–H groups in total. The summed E-state index contributed by atoms with van der Waals surface area (Å²) in [5, 5.41) is 2.61. The summed E-state index contributed by atoms with van der Waals surface area (Å²) in [6, 6.07) is 9.54. The van der Waals surface area contributed by atoms with Crippen LogP contribution in [0.25, 0.3) is 0 Å². The van der Waals surface area contributed by atoms with Gasteiger partial charge in [0.25, 0.3) is 6.43 Å². The molecule has 0 aliphatic carbocycles. The second-order valence-electron chi connectivity index (χ2n) is 6.51. The third kappa shape index (κ3) is 3.89. The summed E-state index contributed by atoms with van der Waals surface area (Å²) in [7, 11) is 0. The summed E-state index contributed by atoms with van der Waals surface area (Å²) >= 11 is 0. The number of hydrogen-bond donors (Lipinski definition) is 2. The molecule has 1 aliphatic rings. The number of hydrogen-bond acceptors (Lipinski definition) is 4. The van der Waals surface area contributed by atoms with Crippen LogP contribution in [0.3, 0.4) is 0 Å². The van der Waals surface area contributed by atoms with Gasteiger partial charge in [-0.2, -0.15) is 0 Å². The van der Waals surface area contributed by atoms with Gasteiger partial charge in [-0.3, -0.25) is 9.69 Å². The first-order valence-electron chi connectivity index (χ1n) is 8.55. The van der Waals surface area contributed by atoms with Gasteiger partial charge in [-0.05, 0) is 36.6 Å². The van der Waals surface area contributed by atoms with Crippen LogP contribution in [0.15, 0.2) is 48.7 Å². The molecule has 3 amide bonds. The molecule has 27 heavy (non-hydrogen) atoms. The number of nitrogens with zero attached hydrogens (tertiary/aromatic N) is 2. The monoisotopic (exact) mass is 374 g/mol. The van der Waals surface area contributed by atoms with Crippen LogP contribution in [0.2, 0.25) is 0 Å². The molecule has 2 aromatic rings. The molecule has 6 nitrogen and oxygen atoms in total. The van der Waals surface area contributed by atoms with Gasteiger partial charge in [-0.1, -0.05) is 30.3 Å². The highest BCUT2D eigenvalue weighted by Gasteiger charge is 2.55. The molecule has 0 bridgehead atoms. The lowest BCUT2D eigenvalue weighted by molar-refractivity contribution is -0.159. The van der Waals surface area contributed by atoms with E-state index >= 15 is 0 Å². The number of urea groups is 1. The predicted molar refractivity (Wildman–Crippen MR) is 95.9 cm³/mol. The van der Waals surface area contributed by atoms with Crippen molar-refractivity contribution in [3.8, 4) is 0 Å². The van der Waals surface area contributed by atoms with Crippen molar-refractivity contribution in [2.75, 3.05) is 5.73 Å². The second-order valence-corrected chi connectivity index (χ2v) is 6.51. The maximum atomic E-state index is 13.5. The van der Waals surface area contributed by atoms with Crippen LogP contribution in [0.4, 0.5) is 19.4 Å². The van der Waals surface area contributed by atoms with Crippen LogP contribution in [-0.4, -0.2) is 34.3 Å². The molecule has 0 radical (unpaired) electrons. The Balaban J connectivity index is 1.70. The van der Waals surface area contributed by atoms with Crippen molar-refractivity contribution in [1.82, 2.24) is 15.2 Å². The summed E-state index contributed by atoms with van der Waals surface area (Å²) in [6.07, 6.45) is -1.29. The Morgan fingerprint density at radius 3 is 2.63 bits per heavy atom. The highest BCUT2D eigenvalue weighted by Crippen LogP contribution is 2.34. The van der Waals surface area contributed by atoms with Crippen molar-refractivity contribution >= 4 is 17.8 Å². The van der Waals surface area contributed by atoms with E-state index in [-0.39, 0.29) is 12.2 Å². The fraction of sp³-hybridized carbons (Fsp3) is 0.316. The zero-order chi connectivity index (χ0) is 19.6. The molecular weight excluding hydrogens is 354 g/mol. The first-order valence-corrected chi connectivity index (χ1v) is 8.55. The molecule has 1 aliphatic heterocycles. The normalized spacial score (nSPS) is 20.3. The molecular formula is C19H20F2N4O2. The lowest BCUT2D eigenvalue weighted by Crippen LogP contribution is -2.68. The van der Waals surface area contributed by atoms with E-state index in [0.29, 0.717) is 10.5 Å². The predicted octanol–water partition coefficient (Wildman–Crippen LogP) is 2.77. The quantitative estimate of drug-likeness (QED) is 0.788. The third-order valence-electron chi connectivity index (χ3n) is 4.68. The zero-order valence-corrected chi connectivity index (χ0v) is 14.7. The molecule has 1 saturated heterocycles. The van der Waals surface area contributed by atoms with Crippen molar-refractivity contribution in [2.45, 2.75) is 31.9 Å². The maximum Gasteiger partial charge on any atom is 0.325 e. The molecule has 1 fully saturated rings. The van der Waals surface area contributed by atoms with Gasteiger partial charge in [0.1, 0.15) is 11.9 Å². The van der Waals surface area contributed by atoms with Gasteiger partial charge in [0, 0.05) is 6.20 Å². The highest BCUT2D eigenvalue weighted by molar-refractivity contribution is 6.01. The molecule has 0 saturated carbocycles. The van der Waals surface area contributed by atoms with E-state index in [0.717, 1.165) is 5.56 Å². The van der Waals surface area contributed by atoms with Gasteiger partial charge in [0.15, 0.2) is 0 Å². The Labute approximate surface area is 155 Å². The van der Waals surface area contributed by atoms with Crippen LogP contribution in [0, 0.1) is 5.92 Å². The Kier molecular flexibility index (Phi) is 5.34. The highest BCUT2D eigenvalue weighted by atomic mass is 19.3. The summed E-state index contributed by atoms with van der Waals surface area (Å²) in [5.41, 5.74) is 7.03. The smallest absolute Gasteiger partial charge is 0.325 e. The lowest BCUT2D eigenvalue weighted by atomic mass is 9.83. The van der Waals surface area contributed by atoms with Crippen LogP contribution in [0.1, 0.15) is 24.1 Å². The number of halogens is 2. The molecule has 3 atom stereocenters. The van der Waals surface area contributed by atoms with E-state index in [2.05, 4.69) is 10.3 Å². The van der Waals surface area contributed by atoms with Crippen LogP contribution >= 0.6 is 0 Å². The molecule has 1 aromatic heterocycles. The minimum atomic E-state index is -2.83. The molecule has 3 rings (SSSR count). The van der Waals surface area contributed by atoms with Gasteiger partial charge in [0.05, 0.1) is 12.0 Å². The number of carbonyl (C=O) groups is 2. The number of anilines is 1. The Morgan fingerprint density at radius 1 is 1.30 bits per heavy atom. The van der Waals surface area contributed by atoms with Crippen molar-refractivity contribution in [3.05, 3.63) is 59.8 Å². The fourth-order valence-electron chi connectivity index (χ4n) is 3.26. The fourth-order valence-corrected chi connectivity index (χ4v) is 3.26. The standard InChI is InChI=1S/C19H20F2N4O2/c1-11(13-5-3-2-4-6-13)24-19(27)25-16(17(20)21)14(18(25)26)9-12-7-8-23-15(22)10-12/h2-8,10-11,14,16-17H,9H2,1H3,(H2,22,23)(H,24,27)/t11-,14-,16+/m1/s1. The van der Waals surface area contributed by atoms with E-state index in [9.17, 15) is 18.4 Å². The van der Waals surface area contributed by atoms with Gasteiger partial charge >= 0.3 is 6.03 Å². The van der Waals surface area contributed by atoms with Crippen LogP contribution in [-0.2, 0) is 11.2 Å². The summed E-state index contributed by atoms with van der Waals surface area (Å²) in [4.78, 5) is 29.3. The molecule has 1 aromatic carbocycles. The number of β-lactam (4-membered cyclic amide) rings is 1. The number of imide groups is 1. The Bertz CT molecular complexity index is 831. The van der Waals surface area contributed by atoms with E-state index in [1.807, 2.05) is 30.3 Å². The second kappa shape index (κ2) is 7.69. The molecule has 8 heteroatoms. The van der Waals surface area contributed by atoms with Gasteiger partial charge in [-0.15, -0.1) is 0 Å². The summed E-state index contributed by atoms with van der Waals surface area (Å²) in [6.45, 7) is 1.73. The Morgan fingerprint density at radius 2 is 2.00 bits per heavy atom. The van der Waals surface area contributed by atoms with Crippen LogP contribution in [0.5, 0.6) is 0 Å². The Hall–Kier alpha value is -3.03. The van der Waals surface area contributed by atoms with E-state index in [1.165, 1.54) is 12.3 Å². The zero-order valence-electron chi connectivity index (χ0n) is 14.7. The lowest BCUT2D eigenvalue weighted by Gasteiger charge is -2.45. The third-order valence-corrected chi connectivity index (χ3v) is 4.68. The number of carbonyl (C=O) groups excluding carboxylic acids is 2. The number of alkyl halides is 2. The number of aromatic nitrogens is 1. The first-order chi connectivity index (χ1) is 12.9. The minimum Gasteiger partial charge on any atom is -0.384 e. The number of nitrogens with two attached hydrogens (primary N) is 1. The number of likely N-dealkylation sites (tertiary alicyclic amines) is 1. The first kappa shape index (κ1) is 18.8. The minimum absolute atomic E-state index is 0.0819. The number of pyridine rings is 1. The van der Waals surface area contributed by atoms with Crippen molar-refractivity contribution in [2.24, 2.45) is 5.92 Å². The average molecular weight is 374 g/mol. The summed E-state index contributed by atoms with van der Waals surface area (Å²) < 4.78 is 27.1. The summed E-state index contributed by atoms with van der Waals surface area (Å²) in [5.74, 6) is -1.34. The molecule has 0 unspecified atom stereocenters. The average Bonchev–Trinajstić information content (AvgIpc) is 2.64. The largest absolute Gasteiger partial charge is 0.384 e. The number of nitrogen functional groups attached to an aromatic ring is 1. The van der Waals surface area contributed by atoms with Crippen molar-refractivity contribution < 1.29 is 18.4 Å². The maximum absolute atomic E-state index is 13.5. The van der Waals surface area contributed by atoms with Crippen molar-refractivity contribution in [1.29, 1.82) is 0 Å². The van der Waals surface area contributed by atoms with E-state index < -0.39 is 36.4 Å². The van der Waals surface area contributed by atoms with Gasteiger partial charge in [0.2, 0.25) is 5.91 Å². The van der Waals surface area contributed by atoms with Gasteiger partial charge < -0.3 is 11.1 Å². The topological polar surface area (TPSA) is 88.3 Å². The van der Waals surface area contributed by atoms with Crippen LogP contribution < -0.4 is 11.1 Å². The number of rotatable bonds is 5. The van der Waals surface area contributed by atoms with E-state index in [4.69, 9.17) is 5.73 Å². The SMILES string of the molecule is C[C@@H](NC(=O)N1C(=O)[C@H](Cc2ccnc(N)c2)[C@H]1C(F)F)c1ccccc1. The number of amides is 3. The van der Waals surface area contributed by atoms with Crippen molar-refractivity contribution in [3.63, 3.8) is 0 Å². The number of benzene rings is 1. The number of nitrogens with one attached hydrogen (secondary N) is 1.